The molecule has 1 amide bonds. The number of halogens is 1. The van der Waals surface area contributed by atoms with Gasteiger partial charge in [0, 0.05) is 51.1 Å². The second kappa shape index (κ2) is 10.2. The minimum Gasteiger partial charge on any atom is -0.497 e. The summed E-state index contributed by atoms with van der Waals surface area (Å²) in [6.07, 6.45) is 1.29. The predicted molar refractivity (Wildman–Crippen MR) is 110 cm³/mol. The minimum atomic E-state index is -0.373. The van der Waals surface area contributed by atoms with Gasteiger partial charge in [-0.3, -0.25) is 14.5 Å². The third kappa shape index (κ3) is 6.12. The summed E-state index contributed by atoms with van der Waals surface area (Å²) >= 11 is 0. The van der Waals surface area contributed by atoms with E-state index in [1.165, 1.54) is 29.8 Å². The average molecular weight is 398 g/mol. The van der Waals surface area contributed by atoms with E-state index >= 15 is 0 Å². The van der Waals surface area contributed by atoms with E-state index in [9.17, 15) is 14.0 Å². The number of piperazine rings is 1. The number of ether oxygens (including phenoxy) is 1. The fourth-order valence-electron chi connectivity index (χ4n) is 3.49. The Morgan fingerprint density at radius 1 is 1.00 bits per heavy atom. The van der Waals surface area contributed by atoms with Crippen LogP contribution < -0.4 is 4.74 Å². The normalized spacial score (nSPS) is 14.6. The molecule has 1 fully saturated rings. The monoisotopic (exact) mass is 398 g/mol. The molecule has 0 spiro atoms. The second-order valence-electron chi connectivity index (χ2n) is 7.25. The number of carbonyl (C=O) groups excluding carboxylic acids is 2. The van der Waals surface area contributed by atoms with Gasteiger partial charge in [-0.25, -0.2) is 4.39 Å². The SMILES string of the molecule is COc1cccc(CCN2CCN(C(=O)CCC(=O)c3ccc(F)cc3)CC2)c1. The molecular formula is C23H27FN2O3. The van der Waals surface area contributed by atoms with Crippen molar-refractivity contribution in [1.82, 2.24) is 9.80 Å². The second-order valence-corrected chi connectivity index (χ2v) is 7.25. The summed E-state index contributed by atoms with van der Waals surface area (Å²) in [5.41, 5.74) is 1.68. The van der Waals surface area contributed by atoms with Gasteiger partial charge in [-0.1, -0.05) is 12.1 Å². The Morgan fingerprint density at radius 3 is 2.41 bits per heavy atom. The third-order valence-electron chi connectivity index (χ3n) is 5.31. The maximum absolute atomic E-state index is 12.9. The minimum absolute atomic E-state index is 0.00732. The molecule has 0 saturated carbocycles. The third-order valence-corrected chi connectivity index (χ3v) is 5.31. The van der Waals surface area contributed by atoms with E-state index in [2.05, 4.69) is 17.0 Å². The Bertz CT molecular complexity index is 830. The molecule has 1 heterocycles. The van der Waals surface area contributed by atoms with Gasteiger partial charge in [0.05, 0.1) is 7.11 Å². The van der Waals surface area contributed by atoms with Crippen molar-refractivity contribution in [1.29, 1.82) is 0 Å². The Balaban J connectivity index is 1.38. The van der Waals surface area contributed by atoms with Gasteiger partial charge in [0.15, 0.2) is 5.78 Å². The summed E-state index contributed by atoms with van der Waals surface area (Å²) in [4.78, 5) is 28.8. The van der Waals surface area contributed by atoms with Crippen molar-refractivity contribution in [3.8, 4) is 5.75 Å². The number of hydrogen-bond donors (Lipinski definition) is 0. The Morgan fingerprint density at radius 2 is 1.72 bits per heavy atom. The molecule has 1 aliphatic heterocycles. The van der Waals surface area contributed by atoms with Gasteiger partial charge in [-0.2, -0.15) is 0 Å². The van der Waals surface area contributed by atoms with Gasteiger partial charge in [0.2, 0.25) is 5.91 Å². The highest BCUT2D eigenvalue weighted by Crippen LogP contribution is 2.14. The van der Waals surface area contributed by atoms with E-state index in [4.69, 9.17) is 4.74 Å². The molecule has 3 rings (SSSR count). The van der Waals surface area contributed by atoms with Crippen molar-refractivity contribution in [3.05, 3.63) is 65.5 Å². The topological polar surface area (TPSA) is 49.9 Å². The molecule has 29 heavy (non-hydrogen) atoms. The molecule has 0 N–H and O–H groups in total. The highest BCUT2D eigenvalue weighted by Gasteiger charge is 2.21. The van der Waals surface area contributed by atoms with Crippen LogP contribution in [0.3, 0.4) is 0 Å². The quantitative estimate of drug-likeness (QED) is 0.641. The molecule has 154 valence electrons. The Hall–Kier alpha value is -2.73. The van der Waals surface area contributed by atoms with Crippen LogP contribution >= 0.6 is 0 Å². The fraction of sp³-hybridized carbons (Fsp3) is 0.391. The molecule has 0 bridgehead atoms. The van der Waals surface area contributed by atoms with Crippen LogP contribution in [0.2, 0.25) is 0 Å². The lowest BCUT2D eigenvalue weighted by Crippen LogP contribution is -2.49. The Kier molecular flexibility index (Phi) is 7.36. The number of methoxy groups -OCH3 is 1. The zero-order valence-corrected chi connectivity index (χ0v) is 16.8. The molecule has 6 heteroatoms. The van der Waals surface area contributed by atoms with Gasteiger partial charge >= 0.3 is 0 Å². The van der Waals surface area contributed by atoms with Gasteiger partial charge in [-0.05, 0) is 48.4 Å². The van der Waals surface area contributed by atoms with Crippen LogP contribution in [-0.2, 0) is 11.2 Å². The lowest BCUT2D eigenvalue weighted by Gasteiger charge is -2.34. The lowest BCUT2D eigenvalue weighted by atomic mass is 10.1. The molecule has 0 radical (unpaired) electrons. The van der Waals surface area contributed by atoms with Crippen molar-refractivity contribution in [2.45, 2.75) is 19.3 Å². The zero-order chi connectivity index (χ0) is 20.6. The first kappa shape index (κ1) is 21.0. The van der Waals surface area contributed by atoms with Gasteiger partial charge < -0.3 is 9.64 Å². The highest BCUT2D eigenvalue weighted by atomic mass is 19.1. The van der Waals surface area contributed by atoms with Gasteiger partial charge in [-0.15, -0.1) is 0 Å². The van der Waals surface area contributed by atoms with Crippen molar-refractivity contribution < 1.29 is 18.7 Å². The number of benzene rings is 2. The smallest absolute Gasteiger partial charge is 0.223 e. The molecule has 1 saturated heterocycles. The summed E-state index contributed by atoms with van der Waals surface area (Å²) in [7, 11) is 1.67. The molecule has 0 aliphatic carbocycles. The molecule has 0 atom stereocenters. The van der Waals surface area contributed by atoms with E-state index in [1.54, 1.807) is 7.11 Å². The van der Waals surface area contributed by atoms with Crippen LogP contribution in [0.25, 0.3) is 0 Å². The summed E-state index contributed by atoms with van der Waals surface area (Å²) in [5, 5.41) is 0. The molecule has 0 unspecified atom stereocenters. The first-order valence-electron chi connectivity index (χ1n) is 9.97. The van der Waals surface area contributed by atoms with E-state index < -0.39 is 0 Å². The first-order valence-corrected chi connectivity index (χ1v) is 9.97. The number of amides is 1. The van der Waals surface area contributed by atoms with E-state index in [1.807, 2.05) is 17.0 Å². The highest BCUT2D eigenvalue weighted by molar-refractivity contribution is 5.97. The maximum atomic E-state index is 12.9. The summed E-state index contributed by atoms with van der Waals surface area (Å²) in [6, 6.07) is 13.5. The number of Topliss-reactive ketones (excluding diaryl/α,β-unsaturated/α-hetero) is 1. The predicted octanol–water partition coefficient (Wildman–Crippen LogP) is 3.18. The molecule has 5 nitrogen and oxygen atoms in total. The molecule has 0 aromatic heterocycles. The van der Waals surface area contributed by atoms with Crippen molar-refractivity contribution >= 4 is 11.7 Å². The largest absolute Gasteiger partial charge is 0.497 e. The van der Waals surface area contributed by atoms with Crippen LogP contribution in [0.4, 0.5) is 4.39 Å². The molecule has 2 aromatic carbocycles. The summed E-state index contributed by atoms with van der Waals surface area (Å²) < 4.78 is 18.2. The van der Waals surface area contributed by atoms with Crippen LogP contribution in [0, 0.1) is 5.82 Å². The van der Waals surface area contributed by atoms with Crippen molar-refractivity contribution in [2.75, 3.05) is 39.8 Å². The first-order chi connectivity index (χ1) is 14.0. The molecule has 1 aliphatic rings. The van der Waals surface area contributed by atoms with Crippen molar-refractivity contribution in [3.63, 3.8) is 0 Å². The maximum Gasteiger partial charge on any atom is 0.223 e. The van der Waals surface area contributed by atoms with E-state index in [0.717, 1.165) is 31.8 Å². The van der Waals surface area contributed by atoms with Crippen molar-refractivity contribution in [2.24, 2.45) is 0 Å². The number of carbonyl (C=O) groups is 2. The van der Waals surface area contributed by atoms with Crippen LogP contribution in [0.5, 0.6) is 5.75 Å². The fourth-order valence-corrected chi connectivity index (χ4v) is 3.49. The average Bonchev–Trinajstić information content (AvgIpc) is 2.76. The number of ketones is 1. The Labute approximate surface area is 171 Å². The van der Waals surface area contributed by atoms with Gasteiger partial charge in [0.1, 0.15) is 11.6 Å². The number of rotatable bonds is 8. The number of nitrogens with zero attached hydrogens (tertiary/aromatic N) is 2. The standard InChI is InChI=1S/C23H27FN2O3/c1-29-21-4-2-3-18(17-21)11-12-25-13-15-26(16-14-25)23(28)10-9-22(27)19-5-7-20(24)8-6-19/h2-8,17H,9-16H2,1H3. The van der Waals surface area contributed by atoms with Crippen LogP contribution in [0.1, 0.15) is 28.8 Å². The number of hydrogen-bond acceptors (Lipinski definition) is 4. The summed E-state index contributed by atoms with van der Waals surface area (Å²) in [5.74, 6) is 0.373. The lowest BCUT2D eigenvalue weighted by molar-refractivity contribution is -0.132. The van der Waals surface area contributed by atoms with Gasteiger partial charge in [0.25, 0.3) is 0 Å². The van der Waals surface area contributed by atoms with Crippen LogP contribution in [0.15, 0.2) is 48.5 Å². The zero-order valence-electron chi connectivity index (χ0n) is 16.8. The summed E-state index contributed by atoms with van der Waals surface area (Å²) in [6.45, 7) is 3.98. The molecular weight excluding hydrogens is 371 g/mol. The van der Waals surface area contributed by atoms with E-state index in [-0.39, 0.29) is 30.3 Å². The van der Waals surface area contributed by atoms with Crippen LogP contribution in [-0.4, -0.2) is 61.3 Å². The van der Waals surface area contributed by atoms with E-state index in [0.29, 0.717) is 18.7 Å². The molecule has 2 aromatic rings.